The zero-order valence-corrected chi connectivity index (χ0v) is 19.4. The molecule has 0 fully saturated rings. The average molecular weight is 412 g/mol. The van der Waals surface area contributed by atoms with Gasteiger partial charge in [0.15, 0.2) is 0 Å². The highest BCUT2D eigenvalue weighted by atomic mass is 32.1. The number of fused-ring (bicyclic) bond motifs is 1. The maximum atomic E-state index is 4.92. The number of nitrogens with one attached hydrogen (secondary N) is 1. The van der Waals surface area contributed by atoms with E-state index in [-0.39, 0.29) is 0 Å². The molecule has 3 rings (SSSR count). The van der Waals surface area contributed by atoms with Crippen molar-refractivity contribution in [3.05, 3.63) is 51.7 Å². The third-order valence-electron chi connectivity index (χ3n) is 5.32. The third kappa shape index (κ3) is 5.32. The van der Waals surface area contributed by atoms with Crippen molar-refractivity contribution in [3.8, 4) is 0 Å². The Morgan fingerprint density at radius 2 is 1.59 bits per heavy atom. The number of hydrogen-bond acceptors (Lipinski definition) is 6. The molecular formula is C23H33N5S. The van der Waals surface area contributed by atoms with Gasteiger partial charge in [-0.15, -0.1) is 11.3 Å². The van der Waals surface area contributed by atoms with Gasteiger partial charge in [-0.3, -0.25) is 4.90 Å². The van der Waals surface area contributed by atoms with Crippen molar-refractivity contribution < 1.29 is 0 Å². The van der Waals surface area contributed by atoms with E-state index in [1.54, 1.807) is 11.3 Å². The van der Waals surface area contributed by atoms with Gasteiger partial charge in [0.1, 0.15) is 16.5 Å². The summed E-state index contributed by atoms with van der Waals surface area (Å²) >= 11 is 1.76. The second kappa shape index (κ2) is 9.65. The normalized spacial score (nSPS) is 11.7. The molecule has 0 spiro atoms. The number of thiophene rings is 1. The minimum atomic E-state index is 0.757. The van der Waals surface area contributed by atoms with Crippen molar-refractivity contribution in [1.82, 2.24) is 19.8 Å². The van der Waals surface area contributed by atoms with Crippen LogP contribution in [0.25, 0.3) is 10.2 Å². The van der Waals surface area contributed by atoms with Crippen LogP contribution in [0, 0.1) is 13.8 Å². The summed E-state index contributed by atoms with van der Waals surface area (Å²) in [5.41, 5.74) is 3.87. The number of benzene rings is 1. The highest BCUT2D eigenvalue weighted by molar-refractivity contribution is 7.18. The number of aryl methyl sites for hydroxylation is 2. The smallest absolute Gasteiger partial charge is 0.146 e. The van der Waals surface area contributed by atoms with Crippen molar-refractivity contribution in [1.29, 1.82) is 0 Å². The maximum Gasteiger partial charge on any atom is 0.146 e. The van der Waals surface area contributed by atoms with Crippen LogP contribution in [0.1, 0.15) is 41.2 Å². The number of nitrogens with zero attached hydrogens (tertiary/aromatic N) is 4. The average Bonchev–Trinajstić information content (AvgIpc) is 2.98. The number of aromatic nitrogens is 2. The van der Waals surface area contributed by atoms with Crippen molar-refractivity contribution >= 4 is 27.4 Å². The van der Waals surface area contributed by atoms with Crippen LogP contribution in [-0.2, 0) is 19.6 Å². The van der Waals surface area contributed by atoms with Crippen molar-refractivity contribution in [2.45, 2.75) is 47.3 Å². The van der Waals surface area contributed by atoms with E-state index in [9.17, 15) is 0 Å². The van der Waals surface area contributed by atoms with Gasteiger partial charge < -0.3 is 10.2 Å². The molecule has 156 valence electrons. The first kappa shape index (κ1) is 21.7. The Kier molecular flexibility index (Phi) is 7.22. The van der Waals surface area contributed by atoms with Crippen LogP contribution in [0.2, 0.25) is 0 Å². The fourth-order valence-electron chi connectivity index (χ4n) is 3.45. The summed E-state index contributed by atoms with van der Waals surface area (Å²) in [5.74, 6) is 1.85. The summed E-state index contributed by atoms with van der Waals surface area (Å²) in [4.78, 5) is 16.7. The molecule has 0 atom stereocenters. The summed E-state index contributed by atoms with van der Waals surface area (Å²) < 4.78 is 0. The van der Waals surface area contributed by atoms with E-state index in [1.807, 2.05) is 0 Å². The zero-order chi connectivity index (χ0) is 21.0. The van der Waals surface area contributed by atoms with Gasteiger partial charge in [0.05, 0.1) is 11.9 Å². The van der Waals surface area contributed by atoms with Crippen molar-refractivity contribution in [2.75, 3.05) is 32.5 Å². The van der Waals surface area contributed by atoms with Gasteiger partial charge in [-0.1, -0.05) is 38.1 Å². The SMILES string of the molecule is CCN(CC)Cc1nc(NCc2ccc(CN(C)C)cc2)c2c(C)c(C)sc2n1. The van der Waals surface area contributed by atoms with E-state index >= 15 is 0 Å². The van der Waals surface area contributed by atoms with E-state index in [2.05, 4.69) is 81.2 Å². The molecule has 5 nitrogen and oxygen atoms in total. The Hall–Kier alpha value is -2.02. The van der Waals surface area contributed by atoms with E-state index in [0.29, 0.717) is 0 Å². The van der Waals surface area contributed by atoms with Crippen LogP contribution >= 0.6 is 11.3 Å². The molecule has 1 aromatic carbocycles. The lowest BCUT2D eigenvalue weighted by molar-refractivity contribution is 0.289. The van der Waals surface area contributed by atoms with Crippen LogP contribution in [-0.4, -0.2) is 47.0 Å². The van der Waals surface area contributed by atoms with Crippen LogP contribution in [0.5, 0.6) is 0 Å². The maximum absolute atomic E-state index is 4.92. The molecule has 0 saturated heterocycles. The highest BCUT2D eigenvalue weighted by Gasteiger charge is 2.15. The lowest BCUT2D eigenvalue weighted by Crippen LogP contribution is -2.23. The first-order chi connectivity index (χ1) is 13.9. The van der Waals surface area contributed by atoms with Gasteiger partial charge in [0, 0.05) is 18.0 Å². The number of rotatable bonds is 9. The molecule has 0 aliphatic heterocycles. The van der Waals surface area contributed by atoms with Crippen LogP contribution in [0.4, 0.5) is 5.82 Å². The summed E-state index contributed by atoms with van der Waals surface area (Å²) in [6.07, 6.45) is 0. The van der Waals surface area contributed by atoms with Gasteiger partial charge in [-0.2, -0.15) is 0 Å². The fourth-order valence-corrected chi connectivity index (χ4v) is 4.50. The van der Waals surface area contributed by atoms with Crippen LogP contribution in [0.3, 0.4) is 0 Å². The molecule has 0 bridgehead atoms. The first-order valence-electron chi connectivity index (χ1n) is 10.4. The lowest BCUT2D eigenvalue weighted by Gasteiger charge is -2.17. The summed E-state index contributed by atoms with van der Waals surface area (Å²) in [6.45, 7) is 13.2. The van der Waals surface area contributed by atoms with E-state index in [0.717, 1.165) is 49.2 Å². The largest absolute Gasteiger partial charge is 0.365 e. The Morgan fingerprint density at radius 3 is 2.21 bits per heavy atom. The molecule has 0 amide bonds. The Balaban J connectivity index is 1.84. The molecular weight excluding hydrogens is 378 g/mol. The van der Waals surface area contributed by atoms with Gasteiger partial charge in [0.2, 0.25) is 0 Å². The van der Waals surface area contributed by atoms with Crippen molar-refractivity contribution in [2.24, 2.45) is 0 Å². The molecule has 1 N–H and O–H groups in total. The predicted molar refractivity (Wildman–Crippen MR) is 125 cm³/mol. The van der Waals surface area contributed by atoms with Gasteiger partial charge in [-0.05, 0) is 57.7 Å². The minimum Gasteiger partial charge on any atom is -0.365 e. The second-order valence-electron chi connectivity index (χ2n) is 7.82. The quantitative estimate of drug-likeness (QED) is 0.547. The fraction of sp³-hybridized carbons (Fsp3) is 0.478. The van der Waals surface area contributed by atoms with Gasteiger partial charge in [0.25, 0.3) is 0 Å². The number of hydrogen-bond donors (Lipinski definition) is 1. The number of anilines is 1. The van der Waals surface area contributed by atoms with Crippen LogP contribution in [0.15, 0.2) is 24.3 Å². The Morgan fingerprint density at radius 1 is 0.931 bits per heavy atom. The molecule has 29 heavy (non-hydrogen) atoms. The van der Waals surface area contributed by atoms with Gasteiger partial charge >= 0.3 is 0 Å². The summed E-state index contributed by atoms with van der Waals surface area (Å²) in [6, 6.07) is 8.82. The van der Waals surface area contributed by atoms with E-state index in [4.69, 9.17) is 9.97 Å². The van der Waals surface area contributed by atoms with Crippen LogP contribution < -0.4 is 5.32 Å². The molecule has 0 unspecified atom stereocenters. The molecule has 3 aromatic rings. The van der Waals surface area contributed by atoms with E-state index in [1.165, 1.54) is 27.0 Å². The third-order valence-corrected chi connectivity index (χ3v) is 6.42. The summed E-state index contributed by atoms with van der Waals surface area (Å²) in [5, 5.41) is 4.76. The lowest BCUT2D eigenvalue weighted by atomic mass is 10.1. The molecule has 0 aliphatic carbocycles. The topological polar surface area (TPSA) is 44.3 Å². The standard InChI is InChI=1S/C23H33N5S/c1-7-28(8-2)15-20-25-22(21-16(3)17(4)29-23(21)26-20)24-13-18-9-11-19(12-10-18)14-27(5)6/h9-12H,7-8,13-15H2,1-6H3,(H,24,25,26). The Bertz CT molecular complexity index is 942. The molecule has 2 aromatic heterocycles. The second-order valence-corrected chi connectivity index (χ2v) is 9.02. The predicted octanol–water partition coefficient (Wildman–Crippen LogP) is 4.82. The Labute approximate surface area is 178 Å². The van der Waals surface area contributed by atoms with Gasteiger partial charge in [-0.25, -0.2) is 9.97 Å². The molecule has 2 heterocycles. The zero-order valence-electron chi connectivity index (χ0n) is 18.5. The molecule has 0 saturated carbocycles. The molecule has 0 aliphatic rings. The molecule has 6 heteroatoms. The monoisotopic (exact) mass is 411 g/mol. The minimum absolute atomic E-state index is 0.757. The molecule has 0 radical (unpaired) electrons. The van der Waals surface area contributed by atoms with E-state index < -0.39 is 0 Å². The van der Waals surface area contributed by atoms with Crippen molar-refractivity contribution in [3.63, 3.8) is 0 Å². The first-order valence-corrected chi connectivity index (χ1v) is 11.2. The highest BCUT2D eigenvalue weighted by Crippen LogP contribution is 2.33. The summed E-state index contributed by atoms with van der Waals surface area (Å²) in [7, 11) is 4.19.